The third-order valence-electron chi connectivity index (χ3n) is 2.68. The zero-order valence-electron chi connectivity index (χ0n) is 9.80. The Morgan fingerprint density at radius 3 is 2.53 bits per heavy atom. The molecule has 3 heteroatoms. The van der Waals surface area contributed by atoms with Crippen molar-refractivity contribution in [3.8, 4) is 0 Å². The van der Waals surface area contributed by atoms with Crippen LogP contribution in [0.4, 0.5) is 0 Å². The highest BCUT2D eigenvalue weighted by Gasteiger charge is 2.08. The first kappa shape index (κ1) is 12.3. The number of ether oxygens (including phenoxy) is 1. The monoisotopic (exact) mass is 248 g/mol. The van der Waals surface area contributed by atoms with Gasteiger partial charge in [0.1, 0.15) is 0 Å². The van der Waals surface area contributed by atoms with Crippen LogP contribution >= 0.6 is 11.3 Å². The fraction of sp³-hybridized carbons (Fsp3) is 0.286. The zero-order chi connectivity index (χ0) is 12.1. The van der Waals surface area contributed by atoms with Gasteiger partial charge in [0.15, 0.2) is 0 Å². The minimum absolute atomic E-state index is 0.429. The lowest BCUT2D eigenvalue weighted by molar-refractivity contribution is 0.177. The van der Waals surface area contributed by atoms with Crippen molar-refractivity contribution in [3.63, 3.8) is 0 Å². The van der Waals surface area contributed by atoms with Gasteiger partial charge in [-0.05, 0) is 33.5 Å². The van der Waals surface area contributed by atoms with Gasteiger partial charge in [-0.3, -0.25) is 0 Å². The van der Waals surface area contributed by atoms with Gasteiger partial charge < -0.3 is 9.84 Å². The minimum Gasteiger partial charge on any atom is -0.388 e. The summed E-state index contributed by atoms with van der Waals surface area (Å²) in [4.78, 5) is 0. The van der Waals surface area contributed by atoms with Gasteiger partial charge in [0.25, 0.3) is 0 Å². The maximum atomic E-state index is 10.1. The summed E-state index contributed by atoms with van der Waals surface area (Å²) in [5.74, 6) is 0. The molecular weight excluding hydrogens is 232 g/mol. The summed E-state index contributed by atoms with van der Waals surface area (Å²) < 4.78 is 5.05. The van der Waals surface area contributed by atoms with E-state index < -0.39 is 6.10 Å². The molecule has 2 rings (SSSR count). The summed E-state index contributed by atoms with van der Waals surface area (Å²) >= 11 is 1.66. The molecule has 0 saturated heterocycles. The maximum Gasteiger partial charge on any atom is 0.0830 e. The highest BCUT2D eigenvalue weighted by molar-refractivity contribution is 7.07. The van der Waals surface area contributed by atoms with Crippen molar-refractivity contribution in [1.82, 2.24) is 0 Å². The lowest BCUT2D eigenvalue weighted by atomic mass is 10.0. The van der Waals surface area contributed by atoms with Crippen molar-refractivity contribution < 1.29 is 9.84 Å². The summed E-state index contributed by atoms with van der Waals surface area (Å²) in [6, 6.07) is 9.97. The van der Waals surface area contributed by atoms with E-state index in [1.807, 2.05) is 35.7 Å². The van der Waals surface area contributed by atoms with Gasteiger partial charge in [0.05, 0.1) is 12.7 Å². The van der Waals surface area contributed by atoms with Crippen molar-refractivity contribution in [2.24, 2.45) is 0 Å². The second-order valence-corrected chi connectivity index (χ2v) is 4.81. The number of methoxy groups -OCH3 is 1. The molecule has 1 aromatic carbocycles. The molecule has 0 radical (unpaired) electrons. The lowest BCUT2D eigenvalue weighted by Gasteiger charge is -2.10. The van der Waals surface area contributed by atoms with E-state index in [1.165, 1.54) is 5.56 Å². The van der Waals surface area contributed by atoms with Gasteiger partial charge in [-0.1, -0.05) is 24.3 Å². The summed E-state index contributed by atoms with van der Waals surface area (Å²) in [6.45, 7) is 0.612. The number of benzene rings is 1. The van der Waals surface area contributed by atoms with Crippen LogP contribution in [0.3, 0.4) is 0 Å². The predicted molar refractivity (Wildman–Crippen MR) is 70.1 cm³/mol. The molecule has 1 atom stereocenters. The molecule has 0 fully saturated rings. The Morgan fingerprint density at radius 1 is 1.18 bits per heavy atom. The molecule has 0 aliphatic carbocycles. The quantitative estimate of drug-likeness (QED) is 0.880. The molecule has 90 valence electrons. The van der Waals surface area contributed by atoms with Crippen molar-refractivity contribution in [3.05, 3.63) is 57.8 Å². The van der Waals surface area contributed by atoms with Gasteiger partial charge in [0, 0.05) is 13.5 Å². The average Bonchev–Trinajstić information content (AvgIpc) is 2.83. The molecule has 0 aliphatic heterocycles. The van der Waals surface area contributed by atoms with Crippen molar-refractivity contribution in [1.29, 1.82) is 0 Å². The Kier molecular flexibility index (Phi) is 4.31. The second kappa shape index (κ2) is 5.96. The van der Waals surface area contributed by atoms with E-state index in [0.717, 1.165) is 11.1 Å². The second-order valence-electron chi connectivity index (χ2n) is 4.03. The van der Waals surface area contributed by atoms with Crippen LogP contribution < -0.4 is 0 Å². The SMILES string of the molecule is COCc1ccc(C(O)Cc2ccsc2)cc1. The maximum absolute atomic E-state index is 10.1. The molecule has 0 spiro atoms. The lowest BCUT2D eigenvalue weighted by Crippen LogP contribution is -2.01. The number of hydrogen-bond acceptors (Lipinski definition) is 3. The summed E-state index contributed by atoms with van der Waals surface area (Å²) in [6.07, 6.45) is 0.244. The smallest absolute Gasteiger partial charge is 0.0830 e. The third kappa shape index (κ3) is 3.40. The zero-order valence-corrected chi connectivity index (χ0v) is 10.6. The Hall–Kier alpha value is -1.16. The van der Waals surface area contributed by atoms with Crippen LogP contribution in [0.25, 0.3) is 0 Å². The van der Waals surface area contributed by atoms with E-state index in [9.17, 15) is 5.11 Å². The molecule has 17 heavy (non-hydrogen) atoms. The first-order valence-corrected chi connectivity index (χ1v) is 6.51. The standard InChI is InChI=1S/C14H16O2S/c1-16-9-11-2-4-13(5-3-11)14(15)8-12-6-7-17-10-12/h2-7,10,14-15H,8-9H2,1H3. The number of aliphatic hydroxyl groups excluding tert-OH is 1. The van der Waals surface area contributed by atoms with E-state index in [2.05, 4.69) is 5.38 Å². The third-order valence-corrected chi connectivity index (χ3v) is 3.42. The van der Waals surface area contributed by atoms with Crippen LogP contribution in [-0.2, 0) is 17.8 Å². The van der Waals surface area contributed by atoms with Crippen LogP contribution in [0, 0.1) is 0 Å². The van der Waals surface area contributed by atoms with Crippen LogP contribution in [0.2, 0.25) is 0 Å². The fourth-order valence-corrected chi connectivity index (χ4v) is 2.43. The molecular formula is C14H16O2S. The average molecular weight is 248 g/mol. The van der Waals surface area contributed by atoms with E-state index in [0.29, 0.717) is 13.0 Å². The highest BCUT2D eigenvalue weighted by atomic mass is 32.1. The first-order valence-electron chi connectivity index (χ1n) is 5.56. The molecule has 1 aromatic heterocycles. The van der Waals surface area contributed by atoms with Crippen molar-refractivity contribution >= 4 is 11.3 Å². The largest absolute Gasteiger partial charge is 0.388 e. The first-order chi connectivity index (χ1) is 8.29. The van der Waals surface area contributed by atoms with Crippen LogP contribution in [0.1, 0.15) is 22.8 Å². The molecule has 1 N–H and O–H groups in total. The normalized spacial score (nSPS) is 12.6. The number of thiophene rings is 1. The van der Waals surface area contributed by atoms with Gasteiger partial charge >= 0.3 is 0 Å². The molecule has 0 saturated carbocycles. The van der Waals surface area contributed by atoms with Crippen LogP contribution in [0.15, 0.2) is 41.1 Å². The van der Waals surface area contributed by atoms with Gasteiger partial charge in [0.2, 0.25) is 0 Å². The summed E-state index contributed by atoms with van der Waals surface area (Å²) in [5, 5.41) is 14.2. The number of rotatable bonds is 5. The van der Waals surface area contributed by atoms with Crippen molar-refractivity contribution in [2.45, 2.75) is 19.1 Å². The predicted octanol–water partition coefficient (Wildman–Crippen LogP) is 3.17. The molecule has 2 nitrogen and oxygen atoms in total. The van der Waals surface area contributed by atoms with Crippen LogP contribution in [0.5, 0.6) is 0 Å². The van der Waals surface area contributed by atoms with Crippen LogP contribution in [-0.4, -0.2) is 12.2 Å². The number of hydrogen-bond donors (Lipinski definition) is 1. The van der Waals surface area contributed by atoms with Crippen molar-refractivity contribution in [2.75, 3.05) is 7.11 Å². The Morgan fingerprint density at radius 2 is 1.94 bits per heavy atom. The molecule has 1 unspecified atom stereocenters. The Labute approximate surface area is 105 Å². The van der Waals surface area contributed by atoms with E-state index in [4.69, 9.17) is 4.74 Å². The molecule has 0 aliphatic rings. The van der Waals surface area contributed by atoms with E-state index in [1.54, 1.807) is 18.4 Å². The number of aliphatic hydroxyl groups is 1. The van der Waals surface area contributed by atoms with E-state index >= 15 is 0 Å². The van der Waals surface area contributed by atoms with Gasteiger partial charge in [-0.15, -0.1) is 0 Å². The van der Waals surface area contributed by atoms with Gasteiger partial charge in [-0.2, -0.15) is 11.3 Å². The molecule has 1 heterocycles. The molecule has 2 aromatic rings. The Bertz CT molecular complexity index is 434. The molecule has 0 bridgehead atoms. The topological polar surface area (TPSA) is 29.5 Å². The minimum atomic E-state index is -0.429. The summed E-state index contributed by atoms with van der Waals surface area (Å²) in [5.41, 5.74) is 3.26. The summed E-state index contributed by atoms with van der Waals surface area (Å²) in [7, 11) is 1.68. The molecule has 0 amide bonds. The Balaban J connectivity index is 2.01. The van der Waals surface area contributed by atoms with Gasteiger partial charge in [-0.25, -0.2) is 0 Å². The fourth-order valence-electron chi connectivity index (χ4n) is 1.75. The van der Waals surface area contributed by atoms with E-state index in [-0.39, 0.29) is 0 Å². The highest BCUT2D eigenvalue weighted by Crippen LogP contribution is 2.20.